The molecule has 2 rings (SSSR count). The highest BCUT2D eigenvalue weighted by Crippen LogP contribution is 2.25. The van der Waals surface area contributed by atoms with Gasteiger partial charge in [0.05, 0.1) is 14.9 Å². The van der Waals surface area contributed by atoms with Crippen molar-refractivity contribution >= 4 is 49.2 Å². The van der Waals surface area contributed by atoms with Gasteiger partial charge in [-0.1, -0.05) is 51.3 Å². The third-order valence-electron chi connectivity index (χ3n) is 2.61. The zero-order valence-electron chi connectivity index (χ0n) is 10.1. The summed E-state index contributed by atoms with van der Waals surface area (Å²) >= 11 is 15.2. The Labute approximate surface area is 136 Å². The Morgan fingerprint density at radius 2 is 1.70 bits per heavy atom. The zero-order chi connectivity index (χ0) is 14.8. The van der Waals surface area contributed by atoms with E-state index in [1.54, 1.807) is 30.3 Å². The summed E-state index contributed by atoms with van der Waals surface area (Å²) in [6.07, 6.45) is 0. The molecule has 106 valence electrons. The average Bonchev–Trinajstić information content (AvgIpc) is 2.41. The summed E-state index contributed by atoms with van der Waals surface area (Å²) in [5.41, 5.74) is 0.625. The third kappa shape index (κ3) is 3.74. The van der Waals surface area contributed by atoms with Gasteiger partial charge in [-0.3, -0.25) is 0 Å². The number of halogens is 3. The molecule has 0 radical (unpaired) electrons. The first-order valence-corrected chi connectivity index (χ1v) is 8.61. The maximum atomic E-state index is 12.1. The van der Waals surface area contributed by atoms with Crippen LogP contribution in [0.1, 0.15) is 5.56 Å². The number of hydrogen-bond donors (Lipinski definition) is 1. The summed E-state index contributed by atoms with van der Waals surface area (Å²) in [5, 5.41) is 0.750. The summed E-state index contributed by atoms with van der Waals surface area (Å²) in [7, 11) is -3.58. The fourth-order valence-corrected chi connectivity index (χ4v) is 3.21. The van der Waals surface area contributed by atoms with Crippen LogP contribution in [-0.2, 0) is 16.6 Å². The lowest BCUT2D eigenvalue weighted by Gasteiger charge is -2.09. The van der Waals surface area contributed by atoms with Gasteiger partial charge in [0.15, 0.2) is 0 Å². The Morgan fingerprint density at radius 3 is 2.35 bits per heavy atom. The lowest BCUT2D eigenvalue weighted by atomic mass is 10.2. The molecule has 0 aliphatic carbocycles. The lowest BCUT2D eigenvalue weighted by Crippen LogP contribution is -2.23. The van der Waals surface area contributed by atoms with Gasteiger partial charge in [-0.15, -0.1) is 0 Å². The maximum Gasteiger partial charge on any atom is 0.240 e. The minimum Gasteiger partial charge on any atom is -0.207 e. The van der Waals surface area contributed by atoms with Gasteiger partial charge in [0.25, 0.3) is 0 Å². The van der Waals surface area contributed by atoms with Crippen molar-refractivity contribution in [2.45, 2.75) is 11.4 Å². The van der Waals surface area contributed by atoms with Crippen LogP contribution in [0.3, 0.4) is 0 Å². The zero-order valence-corrected chi connectivity index (χ0v) is 14.0. The van der Waals surface area contributed by atoms with Crippen molar-refractivity contribution in [3.63, 3.8) is 0 Å². The van der Waals surface area contributed by atoms with E-state index in [-0.39, 0.29) is 11.4 Å². The first-order chi connectivity index (χ1) is 9.40. The Kier molecular flexibility index (Phi) is 5.09. The van der Waals surface area contributed by atoms with E-state index in [1.165, 1.54) is 12.1 Å². The first kappa shape index (κ1) is 15.8. The molecular formula is C13H10BrCl2NO2S. The number of sulfonamides is 1. The summed E-state index contributed by atoms with van der Waals surface area (Å²) in [5.74, 6) is 0. The van der Waals surface area contributed by atoms with Crippen LogP contribution in [0.2, 0.25) is 10.0 Å². The predicted octanol–water partition coefficient (Wildman–Crippen LogP) is 4.23. The van der Waals surface area contributed by atoms with Gasteiger partial charge in [-0.05, 0) is 35.9 Å². The minimum absolute atomic E-state index is 0.0811. The van der Waals surface area contributed by atoms with Crippen molar-refractivity contribution in [3.8, 4) is 0 Å². The molecular weight excluding hydrogens is 385 g/mol. The standard InChI is InChI=1S/C13H10BrCl2NO2S/c14-10-4-6-11(7-5-10)20(18,19)17-8-9-2-1-3-12(15)13(9)16/h1-7,17H,8H2. The highest BCUT2D eigenvalue weighted by Gasteiger charge is 2.14. The molecule has 0 aliphatic rings. The van der Waals surface area contributed by atoms with E-state index in [0.29, 0.717) is 15.6 Å². The number of hydrogen-bond acceptors (Lipinski definition) is 2. The van der Waals surface area contributed by atoms with Crippen LogP contribution in [0.5, 0.6) is 0 Å². The molecule has 3 nitrogen and oxygen atoms in total. The van der Waals surface area contributed by atoms with Crippen LogP contribution in [0.25, 0.3) is 0 Å². The van der Waals surface area contributed by atoms with E-state index in [1.807, 2.05) is 0 Å². The van der Waals surface area contributed by atoms with E-state index >= 15 is 0 Å². The van der Waals surface area contributed by atoms with Crippen LogP contribution < -0.4 is 4.72 Å². The maximum absolute atomic E-state index is 12.1. The summed E-state index contributed by atoms with van der Waals surface area (Å²) in [6.45, 7) is 0.0811. The van der Waals surface area contributed by atoms with Crippen molar-refractivity contribution in [1.29, 1.82) is 0 Å². The summed E-state index contributed by atoms with van der Waals surface area (Å²) < 4.78 is 27.5. The van der Waals surface area contributed by atoms with Crippen LogP contribution in [-0.4, -0.2) is 8.42 Å². The summed E-state index contributed by atoms with van der Waals surface area (Å²) in [4.78, 5) is 0.193. The highest BCUT2D eigenvalue weighted by molar-refractivity contribution is 9.10. The molecule has 0 fully saturated rings. The Morgan fingerprint density at radius 1 is 1.05 bits per heavy atom. The van der Waals surface area contributed by atoms with E-state index in [2.05, 4.69) is 20.7 Å². The monoisotopic (exact) mass is 393 g/mol. The molecule has 0 amide bonds. The van der Waals surface area contributed by atoms with Gasteiger partial charge in [-0.2, -0.15) is 0 Å². The lowest BCUT2D eigenvalue weighted by molar-refractivity contribution is 0.581. The molecule has 0 spiro atoms. The molecule has 0 aromatic heterocycles. The molecule has 0 aliphatic heterocycles. The Balaban J connectivity index is 2.17. The Hall–Kier alpha value is -0.590. The molecule has 20 heavy (non-hydrogen) atoms. The molecule has 0 bridgehead atoms. The quantitative estimate of drug-likeness (QED) is 0.843. The average molecular weight is 395 g/mol. The molecule has 7 heteroatoms. The second kappa shape index (κ2) is 6.45. The van der Waals surface area contributed by atoms with Crippen molar-refractivity contribution in [1.82, 2.24) is 4.72 Å². The molecule has 2 aromatic rings. The van der Waals surface area contributed by atoms with Gasteiger partial charge < -0.3 is 0 Å². The molecule has 0 atom stereocenters. The van der Waals surface area contributed by atoms with Gasteiger partial charge in [0.2, 0.25) is 10.0 Å². The van der Waals surface area contributed by atoms with E-state index in [9.17, 15) is 8.42 Å². The molecule has 1 N–H and O–H groups in total. The molecule has 2 aromatic carbocycles. The van der Waals surface area contributed by atoms with Crippen molar-refractivity contribution in [3.05, 3.63) is 62.5 Å². The van der Waals surface area contributed by atoms with Crippen LogP contribution in [0.15, 0.2) is 51.8 Å². The smallest absolute Gasteiger partial charge is 0.207 e. The fourth-order valence-electron chi connectivity index (χ4n) is 1.55. The van der Waals surface area contributed by atoms with E-state index in [4.69, 9.17) is 23.2 Å². The fraction of sp³-hybridized carbons (Fsp3) is 0.0769. The molecule has 0 heterocycles. The van der Waals surface area contributed by atoms with Crippen molar-refractivity contribution in [2.75, 3.05) is 0 Å². The summed E-state index contributed by atoms with van der Waals surface area (Å²) in [6, 6.07) is 11.5. The number of benzene rings is 2. The number of rotatable bonds is 4. The Bertz CT molecular complexity index is 718. The highest BCUT2D eigenvalue weighted by atomic mass is 79.9. The number of nitrogens with one attached hydrogen (secondary N) is 1. The topological polar surface area (TPSA) is 46.2 Å². The predicted molar refractivity (Wildman–Crippen MR) is 84.6 cm³/mol. The SMILES string of the molecule is O=S(=O)(NCc1cccc(Cl)c1Cl)c1ccc(Br)cc1. The van der Waals surface area contributed by atoms with Gasteiger partial charge >= 0.3 is 0 Å². The van der Waals surface area contributed by atoms with Crippen molar-refractivity contribution in [2.24, 2.45) is 0 Å². The molecule has 0 saturated carbocycles. The molecule has 0 unspecified atom stereocenters. The minimum atomic E-state index is -3.58. The second-order valence-electron chi connectivity index (χ2n) is 3.99. The van der Waals surface area contributed by atoms with E-state index in [0.717, 1.165) is 4.47 Å². The van der Waals surface area contributed by atoms with Crippen molar-refractivity contribution < 1.29 is 8.42 Å². The van der Waals surface area contributed by atoms with E-state index < -0.39 is 10.0 Å². The van der Waals surface area contributed by atoms with Gasteiger partial charge in [-0.25, -0.2) is 13.1 Å². The van der Waals surface area contributed by atoms with Crippen LogP contribution >= 0.6 is 39.1 Å². The second-order valence-corrected chi connectivity index (χ2v) is 7.46. The first-order valence-electron chi connectivity index (χ1n) is 5.58. The molecule has 0 saturated heterocycles. The normalized spacial score (nSPS) is 11.6. The van der Waals surface area contributed by atoms with Crippen LogP contribution in [0.4, 0.5) is 0 Å². The third-order valence-corrected chi connectivity index (χ3v) is 5.41. The van der Waals surface area contributed by atoms with Crippen LogP contribution in [0, 0.1) is 0 Å². The van der Waals surface area contributed by atoms with Gasteiger partial charge in [0.1, 0.15) is 0 Å². The largest absolute Gasteiger partial charge is 0.240 e. The van der Waals surface area contributed by atoms with Gasteiger partial charge in [0, 0.05) is 11.0 Å².